The van der Waals surface area contributed by atoms with Crippen molar-refractivity contribution >= 4 is 0 Å². The Bertz CT molecular complexity index is 1140. The molecule has 0 fully saturated rings. The molecule has 1 aliphatic rings. The average Bonchev–Trinajstić information content (AvgIpc) is 2.86. The molecule has 0 aromatic heterocycles. The van der Waals surface area contributed by atoms with Gasteiger partial charge >= 0.3 is 0 Å². The fourth-order valence-corrected chi connectivity index (χ4v) is 4.69. The highest BCUT2D eigenvalue weighted by Crippen LogP contribution is 2.42. The second-order valence-corrected chi connectivity index (χ2v) is 8.37. The van der Waals surface area contributed by atoms with Crippen molar-refractivity contribution in [2.24, 2.45) is 0 Å². The van der Waals surface area contributed by atoms with E-state index >= 15 is 0 Å². The molecule has 1 atom stereocenters. The van der Waals surface area contributed by atoms with Gasteiger partial charge in [0.2, 0.25) is 5.75 Å². The molecule has 0 amide bonds. The largest absolute Gasteiger partial charge is 0.504 e. The lowest BCUT2D eigenvalue weighted by molar-refractivity contribution is 0.173. The second kappa shape index (κ2) is 10.1. The molecule has 0 saturated heterocycles. The number of methoxy groups -OCH3 is 4. The van der Waals surface area contributed by atoms with E-state index in [2.05, 4.69) is 11.0 Å². The van der Waals surface area contributed by atoms with Gasteiger partial charge in [-0.25, -0.2) is 0 Å². The molecule has 1 heterocycles. The standard InChI is InChI=1S/C27H31NO6/c1-31-20-7-5-6-17(10-20)16-28-9-8-19-14-23(29)24(30)15-21(19)22(28)11-18-12-25(32-2)27(34-4)26(13-18)33-3/h5-7,10,12-15,22,29-30H,8-9,11,16H2,1-4H3/t22-/m0/s1. The van der Waals surface area contributed by atoms with Crippen LogP contribution in [0.25, 0.3) is 0 Å². The van der Waals surface area contributed by atoms with Gasteiger partial charge in [-0.05, 0) is 71.5 Å². The average molecular weight is 466 g/mol. The van der Waals surface area contributed by atoms with Crippen LogP contribution in [0.3, 0.4) is 0 Å². The minimum atomic E-state index is -0.114. The number of ether oxygens (including phenoxy) is 4. The van der Waals surface area contributed by atoms with Crippen molar-refractivity contribution in [1.82, 2.24) is 4.90 Å². The highest BCUT2D eigenvalue weighted by molar-refractivity contribution is 5.54. The Balaban J connectivity index is 1.74. The number of fused-ring (bicyclic) bond motifs is 1. The zero-order valence-corrected chi connectivity index (χ0v) is 20.0. The van der Waals surface area contributed by atoms with Gasteiger partial charge in [0.1, 0.15) is 5.75 Å². The fraction of sp³-hybridized carbons (Fsp3) is 0.333. The quantitative estimate of drug-likeness (QED) is 0.475. The zero-order valence-electron chi connectivity index (χ0n) is 20.0. The lowest BCUT2D eigenvalue weighted by Gasteiger charge is -2.38. The number of phenols is 2. The monoisotopic (exact) mass is 465 g/mol. The predicted octanol–water partition coefficient (Wildman–Crippen LogP) is 4.47. The third-order valence-electron chi connectivity index (χ3n) is 6.38. The van der Waals surface area contributed by atoms with Crippen LogP contribution in [0.5, 0.6) is 34.5 Å². The lowest BCUT2D eigenvalue weighted by atomic mass is 9.87. The van der Waals surface area contributed by atoms with Gasteiger partial charge in [-0.2, -0.15) is 0 Å². The summed E-state index contributed by atoms with van der Waals surface area (Å²) in [6, 6.07) is 15.3. The Morgan fingerprint density at radius 2 is 1.53 bits per heavy atom. The maximum atomic E-state index is 10.3. The van der Waals surface area contributed by atoms with Crippen LogP contribution in [0.2, 0.25) is 0 Å². The molecule has 3 aromatic rings. The Labute approximate surface area is 200 Å². The Hall–Kier alpha value is -3.58. The molecule has 34 heavy (non-hydrogen) atoms. The van der Waals surface area contributed by atoms with Gasteiger partial charge in [-0.15, -0.1) is 0 Å². The van der Waals surface area contributed by atoms with Gasteiger partial charge in [0.25, 0.3) is 0 Å². The van der Waals surface area contributed by atoms with Gasteiger partial charge in [0, 0.05) is 19.1 Å². The van der Waals surface area contributed by atoms with E-state index in [1.807, 2.05) is 30.3 Å². The van der Waals surface area contributed by atoms with Gasteiger partial charge < -0.3 is 29.2 Å². The third kappa shape index (κ3) is 4.70. The number of hydrogen-bond donors (Lipinski definition) is 2. The van der Waals surface area contributed by atoms with E-state index in [1.165, 1.54) is 0 Å². The van der Waals surface area contributed by atoms with Crippen LogP contribution >= 0.6 is 0 Å². The molecule has 7 heteroatoms. The highest BCUT2D eigenvalue weighted by Gasteiger charge is 2.30. The number of rotatable bonds is 8. The predicted molar refractivity (Wildman–Crippen MR) is 129 cm³/mol. The van der Waals surface area contributed by atoms with E-state index in [0.29, 0.717) is 30.2 Å². The van der Waals surface area contributed by atoms with Crippen LogP contribution in [0.1, 0.15) is 28.3 Å². The molecular formula is C27H31NO6. The Kier molecular flexibility index (Phi) is 7.03. The minimum Gasteiger partial charge on any atom is -0.504 e. The van der Waals surface area contributed by atoms with Crippen molar-refractivity contribution in [3.05, 3.63) is 70.8 Å². The fourth-order valence-electron chi connectivity index (χ4n) is 4.69. The number of nitrogens with zero attached hydrogens (tertiary/aromatic N) is 1. The summed E-state index contributed by atoms with van der Waals surface area (Å²) in [5.74, 6) is 2.36. The van der Waals surface area contributed by atoms with E-state index in [1.54, 1.807) is 40.6 Å². The summed E-state index contributed by atoms with van der Waals surface area (Å²) >= 11 is 0. The second-order valence-electron chi connectivity index (χ2n) is 8.37. The maximum absolute atomic E-state index is 10.3. The van der Waals surface area contributed by atoms with Crippen molar-refractivity contribution in [3.63, 3.8) is 0 Å². The smallest absolute Gasteiger partial charge is 0.203 e. The van der Waals surface area contributed by atoms with E-state index in [-0.39, 0.29) is 17.5 Å². The molecule has 0 unspecified atom stereocenters. The number of aromatic hydroxyl groups is 2. The molecule has 180 valence electrons. The normalized spacial score (nSPS) is 15.5. The van der Waals surface area contributed by atoms with E-state index in [0.717, 1.165) is 41.0 Å². The van der Waals surface area contributed by atoms with Gasteiger partial charge in [-0.3, -0.25) is 4.90 Å². The Morgan fingerprint density at radius 1 is 0.824 bits per heavy atom. The van der Waals surface area contributed by atoms with Crippen LogP contribution in [0.4, 0.5) is 0 Å². The molecule has 0 saturated carbocycles. The third-order valence-corrected chi connectivity index (χ3v) is 6.38. The molecular weight excluding hydrogens is 434 g/mol. The van der Waals surface area contributed by atoms with Gasteiger partial charge in [0.05, 0.1) is 28.4 Å². The molecule has 0 aliphatic carbocycles. The minimum absolute atomic E-state index is 0.0377. The van der Waals surface area contributed by atoms with Crippen LogP contribution in [-0.4, -0.2) is 50.1 Å². The van der Waals surface area contributed by atoms with E-state index in [4.69, 9.17) is 18.9 Å². The summed E-state index contributed by atoms with van der Waals surface area (Å²) in [5, 5.41) is 20.4. The summed E-state index contributed by atoms with van der Waals surface area (Å²) in [6.07, 6.45) is 1.43. The first kappa shape index (κ1) is 23.6. The summed E-state index contributed by atoms with van der Waals surface area (Å²) in [5.41, 5.74) is 4.18. The topological polar surface area (TPSA) is 80.6 Å². The molecule has 3 aromatic carbocycles. The van der Waals surface area contributed by atoms with Crippen molar-refractivity contribution in [2.45, 2.75) is 25.4 Å². The van der Waals surface area contributed by atoms with E-state index < -0.39 is 0 Å². The molecule has 4 rings (SSSR count). The lowest BCUT2D eigenvalue weighted by Crippen LogP contribution is -2.36. The summed E-state index contributed by atoms with van der Waals surface area (Å²) in [6.45, 7) is 1.52. The Morgan fingerprint density at radius 3 is 2.18 bits per heavy atom. The number of phenolic OH excluding ortho intramolecular Hbond substituents is 2. The van der Waals surface area contributed by atoms with Gasteiger partial charge in [-0.1, -0.05) is 12.1 Å². The molecule has 0 spiro atoms. The van der Waals surface area contributed by atoms with Crippen LogP contribution in [0, 0.1) is 0 Å². The van der Waals surface area contributed by atoms with Crippen LogP contribution < -0.4 is 18.9 Å². The van der Waals surface area contributed by atoms with Crippen molar-refractivity contribution in [2.75, 3.05) is 35.0 Å². The van der Waals surface area contributed by atoms with Crippen molar-refractivity contribution in [1.29, 1.82) is 0 Å². The first-order valence-electron chi connectivity index (χ1n) is 11.2. The first-order chi connectivity index (χ1) is 16.5. The SMILES string of the molecule is COc1cccc(CN2CCc3cc(O)c(O)cc3[C@@H]2Cc2cc(OC)c(OC)c(OC)c2)c1. The molecule has 7 nitrogen and oxygen atoms in total. The van der Waals surface area contributed by atoms with Crippen molar-refractivity contribution in [3.8, 4) is 34.5 Å². The summed E-state index contributed by atoms with van der Waals surface area (Å²) in [4.78, 5) is 2.39. The number of benzene rings is 3. The molecule has 0 radical (unpaired) electrons. The van der Waals surface area contributed by atoms with Crippen LogP contribution in [-0.2, 0) is 19.4 Å². The molecule has 2 N–H and O–H groups in total. The molecule has 1 aliphatic heterocycles. The van der Waals surface area contributed by atoms with Crippen molar-refractivity contribution < 1.29 is 29.2 Å². The van der Waals surface area contributed by atoms with E-state index in [9.17, 15) is 10.2 Å². The summed E-state index contributed by atoms with van der Waals surface area (Å²) in [7, 11) is 6.46. The first-order valence-corrected chi connectivity index (χ1v) is 11.2. The zero-order chi connectivity index (χ0) is 24.2. The van der Waals surface area contributed by atoms with Gasteiger partial charge in [0.15, 0.2) is 23.0 Å². The highest BCUT2D eigenvalue weighted by atomic mass is 16.5. The molecule has 0 bridgehead atoms. The van der Waals surface area contributed by atoms with Crippen LogP contribution in [0.15, 0.2) is 48.5 Å². The summed E-state index contributed by atoms with van der Waals surface area (Å²) < 4.78 is 22.0. The number of hydrogen-bond acceptors (Lipinski definition) is 7. The maximum Gasteiger partial charge on any atom is 0.203 e.